The minimum atomic E-state index is 0.250. The molecule has 29 heavy (non-hydrogen) atoms. The van der Waals surface area contributed by atoms with Crippen LogP contribution in [0.25, 0.3) is 0 Å². The molecule has 160 valence electrons. The summed E-state index contributed by atoms with van der Waals surface area (Å²) < 4.78 is 5.67. The minimum absolute atomic E-state index is 0.250. The summed E-state index contributed by atoms with van der Waals surface area (Å²) in [4.78, 5) is 14.5. The Labute approximate surface area is 179 Å². The van der Waals surface area contributed by atoms with Gasteiger partial charge < -0.3 is 25.2 Å². The Bertz CT molecular complexity index is 690. The van der Waals surface area contributed by atoms with Gasteiger partial charge in [0, 0.05) is 44.9 Å². The topological polar surface area (TPSA) is 65.5 Å². The van der Waals surface area contributed by atoms with E-state index >= 15 is 0 Å². The van der Waals surface area contributed by atoms with E-state index in [2.05, 4.69) is 33.4 Å². The molecule has 1 aromatic heterocycles. The molecule has 4 rings (SSSR count). The summed E-state index contributed by atoms with van der Waals surface area (Å²) in [6, 6.07) is 2.67. The SMILES string of the molecule is C[C@H]1CCCCN1c1cc(N2CCCCC2)nc(NC(=S)NC[C@H]2CCCO2)n1. The molecule has 2 atom stereocenters. The van der Waals surface area contributed by atoms with Crippen molar-refractivity contribution in [2.45, 2.75) is 70.4 Å². The van der Waals surface area contributed by atoms with E-state index < -0.39 is 0 Å². The molecule has 1 aromatic rings. The van der Waals surface area contributed by atoms with Crippen molar-refractivity contribution in [1.82, 2.24) is 15.3 Å². The average Bonchev–Trinajstić information content (AvgIpc) is 3.27. The van der Waals surface area contributed by atoms with Crippen LogP contribution in [0.1, 0.15) is 58.3 Å². The molecule has 0 bridgehead atoms. The molecule has 8 heteroatoms. The molecule has 0 saturated carbocycles. The van der Waals surface area contributed by atoms with Crippen molar-refractivity contribution in [1.29, 1.82) is 0 Å². The summed E-state index contributed by atoms with van der Waals surface area (Å²) in [5, 5.41) is 7.06. The third kappa shape index (κ3) is 5.48. The highest BCUT2D eigenvalue weighted by molar-refractivity contribution is 7.80. The zero-order valence-corrected chi connectivity index (χ0v) is 18.3. The highest BCUT2D eigenvalue weighted by atomic mass is 32.1. The van der Waals surface area contributed by atoms with E-state index in [-0.39, 0.29) is 6.10 Å². The van der Waals surface area contributed by atoms with E-state index in [4.69, 9.17) is 26.9 Å². The van der Waals surface area contributed by atoms with E-state index in [1.165, 1.54) is 38.5 Å². The van der Waals surface area contributed by atoms with E-state index in [0.717, 1.165) is 57.3 Å². The van der Waals surface area contributed by atoms with Gasteiger partial charge in [0.05, 0.1) is 6.10 Å². The molecule has 0 aromatic carbocycles. The lowest BCUT2D eigenvalue weighted by Gasteiger charge is -2.35. The van der Waals surface area contributed by atoms with E-state index in [1.807, 2.05) is 0 Å². The zero-order chi connectivity index (χ0) is 20.1. The fourth-order valence-corrected chi connectivity index (χ4v) is 4.68. The van der Waals surface area contributed by atoms with Crippen LogP contribution in [0, 0.1) is 0 Å². The number of hydrogen-bond acceptors (Lipinski definition) is 6. The lowest BCUT2D eigenvalue weighted by molar-refractivity contribution is 0.114. The van der Waals surface area contributed by atoms with Crippen molar-refractivity contribution in [2.24, 2.45) is 0 Å². The number of piperidine rings is 2. The van der Waals surface area contributed by atoms with Crippen LogP contribution in [0.5, 0.6) is 0 Å². The number of rotatable bonds is 5. The summed E-state index contributed by atoms with van der Waals surface area (Å²) in [7, 11) is 0. The molecular formula is C21H34N6OS. The number of ether oxygens (including phenoxy) is 1. The van der Waals surface area contributed by atoms with Gasteiger partial charge in [-0.1, -0.05) is 0 Å². The second-order valence-electron chi connectivity index (χ2n) is 8.46. The number of anilines is 3. The molecule has 3 saturated heterocycles. The molecule has 0 radical (unpaired) electrons. The van der Waals surface area contributed by atoms with E-state index in [1.54, 1.807) is 0 Å². The molecule has 7 nitrogen and oxygen atoms in total. The van der Waals surface area contributed by atoms with Gasteiger partial charge in [0.25, 0.3) is 0 Å². The highest BCUT2D eigenvalue weighted by Gasteiger charge is 2.23. The van der Waals surface area contributed by atoms with Crippen molar-refractivity contribution in [3.8, 4) is 0 Å². The second-order valence-corrected chi connectivity index (χ2v) is 8.87. The van der Waals surface area contributed by atoms with Crippen LogP contribution in [0.4, 0.5) is 17.6 Å². The lowest BCUT2D eigenvalue weighted by Crippen LogP contribution is -2.39. The summed E-state index contributed by atoms with van der Waals surface area (Å²) >= 11 is 5.51. The maximum absolute atomic E-state index is 5.67. The van der Waals surface area contributed by atoms with Crippen molar-refractivity contribution >= 4 is 34.9 Å². The maximum Gasteiger partial charge on any atom is 0.232 e. The van der Waals surface area contributed by atoms with Gasteiger partial charge >= 0.3 is 0 Å². The third-order valence-corrected chi connectivity index (χ3v) is 6.46. The Morgan fingerprint density at radius 3 is 2.62 bits per heavy atom. The standard InChI is InChI=1S/C21H34N6OS/c1-16-8-3-6-12-27(16)19-14-18(26-10-4-2-5-11-26)23-20(24-19)25-21(29)22-15-17-9-7-13-28-17/h14,16-17H,2-13,15H2,1H3,(H2,22,23,24,25,29)/t16-,17+/m0/s1. The van der Waals surface area contributed by atoms with Gasteiger partial charge in [-0.3, -0.25) is 0 Å². The van der Waals surface area contributed by atoms with Gasteiger partial charge in [-0.25, -0.2) is 0 Å². The third-order valence-electron chi connectivity index (χ3n) is 6.22. The molecule has 0 amide bonds. The van der Waals surface area contributed by atoms with Crippen LogP contribution in [-0.4, -0.2) is 60.0 Å². The Balaban J connectivity index is 1.49. The van der Waals surface area contributed by atoms with Crippen LogP contribution in [-0.2, 0) is 4.74 Å². The molecular weight excluding hydrogens is 384 g/mol. The summed E-state index contributed by atoms with van der Waals surface area (Å²) in [5.41, 5.74) is 0. The van der Waals surface area contributed by atoms with Crippen LogP contribution in [0.3, 0.4) is 0 Å². The van der Waals surface area contributed by atoms with Crippen molar-refractivity contribution in [3.63, 3.8) is 0 Å². The van der Waals surface area contributed by atoms with Crippen LogP contribution in [0.2, 0.25) is 0 Å². The average molecular weight is 419 g/mol. The normalized spacial score (nSPS) is 25.1. The Kier molecular flexibility index (Phi) is 7.02. The first-order valence-electron chi connectivity index (χ1n) is 11.3. The van der Waals surface area contributed by atoms with Gasteiger partial charge in [0.2, 0.25) is 5.95 Å². The van der Waals surface area contributed by atoms with E-state index in [9.17, 15) is 0 Å². The van der Waals surface area contributed by atoms with Crippen LogP contribution in [0.15, 0.2) is 6.07 Å². The quantitative estimate of drug-likeness (QED) is 0.706. The highest BCUT2D eigenvalue weighted by Crippen LogP contribution is 2.28. The van der Waals surface area contributed by atoms with Gasteiger partial charge in [-0.05, 0) is 70.5 Å². The summed E-state index contributed by atoms with van der Waals surface area (Å²) in [5.74, 6) is 2.61. The van der Waals surface area contributed by atoms with Crippen LogP contribution >= 0.6 is 12.2 Å². The first-order valence-corrected chi connectivity index (χ1v) is 11.7. The van der Waals surface area contributed by atoms with Gasteiger partial charge in [-0.2, -0.15) is 9.97 Å². The van der Waals surface area contributed by atoms with Crippen LogP contribution < -0.4 is 20.4 Å². The fourth-order valence-electron chi connectivity index (χ4n) is 4.51. The lowest BCUT2D eigenvalue weighted by atomic mass is 10.0. The van der Waals surface area contributed by atoms with Crippen molar-refractivity contribution in [2.75, 3.05) is 47.9 Å². The molecule has 3 aliphatic rings. The maximum atomic E-state index is 5.67. The molecule has 4 heterocycles. The second kappa shape index (κ2) is 9.89. The molecule has 0 spiro atoms. The first-order chi connectivity index (χ1) is 14.2. The number of thiocarbonyl (C=S) groups is 1. The zero-order valence-electron chi connectivity index (χ0n) is 17.5. The van der Waals surface area contributed by atoms with Gasteiger partial charge in [0.1, 0.15) is 11.6 Å². The molecule has 3 aliphatic heterocycles. The molecule has 0 unspecified atom stereocenters. The van der Waals surface area contributed by atoms with Crippen molar-refractivity contribution in [3.05, 3.63) is 6.07 Å². The monoisotopic (exact) mass is 418 g/mol. The predicted molar refractivity (Wildman–Crippen MR) is 122 cm³/mol. The fraction of sp³-hybridized carbons (Fsp3) is 0.762. The molecule has 3 fully saturated rings. The summed E-state index contributed by atoms with van der Waals surface area (Å²) in [6.07, 6.45) is 9.96. The molecule has 0 aliphatic carbocycles. The largest absolute Gasteiger partial charge is 0.376 e. The minimum Gasteiger partial charge on any atom is -0.376 e. The van der Waals surface area contributed by atoms with Gasteiger partial charge in [0.15, 0.2) is 5.11 Å². The Morgan fingerprint density at radius 1 is 1.07 bits per heavy atom. The summed E-state index contributed by atoms with van der Waals surface area (Å²) in [6.45, 7) is 7.06. The number of nitrogens with zero attached hydrogens (tertiary/aromatic N) is 4. The Hall–Kier alpha value is -1.67. The molecule has 2 N–H and O–H groups in total. The Morgan fingerprint density at radius 2 is 1.86 bits per heavy atom. The first kappa shape index (κ1) is 20.6. The number of nitrogens with one attached hydrogen (secondary N) is 2. The smallest absolute Gasteiger partial charge is 0.232 e. The predicted octanol–water partition coefficient (Wildman–Crippen LogP) is 3.31. The van der Waals surface area contributed by atoms with Crippen molar-refractivity contribution < 1.29 is 4.74 Å². The van der Waals surface area contributed by atoms with Gasteiger partial charge in [-0.15, -0.1) is 0 Å². The number of hydrogen-bond donors (Lipinski definition) is 2. The van der Waals surface area contributed by atoms with E-state index in [0.29, 0.717) is 17.1 Å². The number of aromatic nitrogens is 2.